The number of piperidine rings is 1. The minimum absolute atomic E-state index is 0.709. The van der Waals surface area contributed by atoms with Gasteiger partial charge in [0.05, 0.1) is 0 Å². The van der Waals surface area contributed by atoms with Gasteiger partial charge in [-0.2, -0.15) is 0 Å². The van der Waals surface area contributed by atoms with E-state index in [1.807, 2.05) is 0 Å². The highest BCUT2D eigenvalue weighted by Gasteiger charge is 2.29. The molecule has 84 valence electrons. The Labute approximate surface area is 88.8 Å². The summed E-state index contributed by atoms with van der Waals surface area (Å²) in [5.74, 6) is -0.786. The van der Waals surface area contributed by atoms with Crippen molar-refractivity contribution in [3.63, 3.8) is 0 Å². The summed E-state index contributed by atoms with van der Waals surface area (Å²) in [6.07, 6.45) is 6.76. The lowest BCUT2D eigenvalue weighted by Crippen LogP contribution is -2.61. The van der Waals surface area contributed by atoms with Gasteiger partial charge in [-0.1, -0.05) is 0 Å². The molecule has 0 saturated carbocycles. The molecule has 6 heteroatoms. The summed E-state index contributed by atoms with van der Waals surface area (Å²) in [5.41, 5.74) is 11.2. The molecule has 0 unspecified atom stereocenters. The van der Waals surface area contributed by atoms with E-state index in [1.165, 1.54) is 12.6 Å². The molecule has 2 heterocycles. The molecule has 6 nitrogen and oxygen atoms in total. The van der Waals surface area contributed by atoms with E-state index in [1.54, 1.807) is 6.08 Å². The van der Waals surface area contributed by atoms with Gasteiger partial charge >= 0.3 is 0 Å². The molecule has 0 atom stereocenters. The van der Waals surface area contributed by atoms with Crippen molar-refractivity contribution < 1.29 is 5.21 Å². The van der Waals surface area contributed by atoms with Gasteiger partial charge in [0.25, 0.3) is 5.91 Å². The third kappa shape index (κ3) is 2.11. The van der Waals surface area contributed by atoms with E-state index >= 15 is 0 Å². The summed E-state index contributed by atoms with van der Waals surface area (Å²) in [6.45, 7) is 1.95. The maximum absolute atomic E-state index is 9.32. The van der Waals surface area contributed by atoms with Gasteiger partial charge < -0.3 is 4.90 Å². The van der Waals surface area contributed by atoms with E-state index in [-0.39, 0.29) is 0 Å². The van der Waals surface area contributed by atoms with Crippen LogP contribution in [-0.4, -0.2) is 40.0 Å². The molecule has 0 radical (unpaired) electrons. The molecule has 0 amide bonds. The van der Waals surface area contributed by atoms with Gasteiger partial charge in [-0.05, 0) is 25.3 Å². The second kappa shape index (κ2) is 3.80. The summed E-state index contributed by atoms with van der Waals surface area (Å²) in [7, 11) is 0. The fourth-order valence-corrected chi connectivity index (χ4v) is 1.83. The number of amidine groups is 1. The average molecular weight is 211 g/mol. The summed E-state index contributed by atoms with van der Waals surface area (Å²) in [6, 6.07) is 0. The van der Waals surface area contributed by atoms with Crippen LogP contribution in [-0.2, 0) is 0 Å². The number of nitrogens with zero attached hydrogens (tertiary/aromatic N) is 3. The lowest BCUT2D eigenvalue weighted by Gasteiger charge is -2.35. The first-order valence-corrected chi connectivity index (χ1v) is 5.18. The van der Waals surface area contributed by atoms with Gasteiger partial charge in [0.15, 0.2) is 0 Å². The quantitative estimate of drug-likeness (QED) is 0.475. The molecule has 0 spiro atoms. The van der Waals surface area contributed by atoms with Crippen LogP contribution < -0.4 is 11.5 Å². The van der Waals surface area contributed by atoms with Crippen LogP contribution >= 0.6 is 0 Å². The van der Waals surface area contributed by atoms with Gasteiger partial charge in [0.1, 0.15) is 5.84 Å². The molecule has 0 aromatic rings. The van der Waals surface area contributed by atoms with Crippen LogP contribution in [0.1, 0.15) is 19.3 Å². The zero-order chi connectivity index (χ0) is 10.9. The number of hydrogen-bond acceptors (Lipinski definition) is 6. The molecule has 0 aliphatic carbocycles. The van der Waals surface area contributed by atoms with Crippen LogP contribution in [0.15, 0.2) is 17.3 Å². The second-order valence-electron chi connectivity index (χ2n) is 3.96. The van der Waals surface area contributed by atoms with Crippen molar-refractivity contribution in [1.82, 2.24) is 9.96 Å². The fraction of sp³-hybridized carbons (Fsp3) is 0.667. The molecular weight excluding hydrogens is 194 g/mol. The molecule has 2 aliphatic heterocycles. The Morgan fingerprint density at radius 1 is 1.27 bits per heavy atom. The average Bonchev–Trinajstić information content (AvgIpc) is 2.23. The SMILES string of the molecule is NC1(N)N=C(N2CCCCC2)C=CN1O. The molecular formula is C9H17N5O. The largest absolute Gasteiger partial charge is 0.357 e. The Balaban J connectivity index is 2.12. The van der Waals surface area contributed by atoms with Crippen molar-refractivity contribution >= 4 is 5.84 Å². The summed E-state index contributed by atoms with van der Waals surface area (Å²) in [5, 5.41) is 10.0. The van der Waals surface area contributed by atoms with E-state index in [9.17, 15) is 5.21 Å². The topological polar surface area (TPSA) is 91.1 Å². The number of likely N-dealkylation sites (tertiary alicyclic amines) is 1. The van der Waals surface area contributed by atoms with Gasteiger partial charge in [-0.15, -0.1) is 0 Å². The van der Waals surface area contributed by atoms with Crippen LogP contribution in [0, 0.1) is 0 Å². The third-order valence-electron chi connectivity index (χ3n) is 2.71. The standard InChI is InChI=1S/C9H17N5O/c10-9(11)12-8(4-7-14(9)15)13-5-2-1-3-6-13/h4,7,15H,1-3,5-6,10-11H2. The van der Waals surface area contributed by atoms with Crippen molar-refractivity contribution in [2.75, 3.05) is 13.1 Å². The maximum Gasteiger partial charge on any atom is 0.265 e. The van der Waals surface area contributed by atoms with E-state index < -0.39 is 5.91 Å². The van der Waals surface area contributed by atoms with Crippen LogP contribution in [0.25, 0.3) is 0 Å². The summed E-state index contributed by atoms with van der Waals surface area (Å²) in [4.78, 5) is 6.25. The highest BCUT2D eigenvalue weighted by molar-refractivity contribution is 5.93. The van der Waals surface area contributed by atoms with Crippen molar-refractivity contribution in [1.29, 1.82) is 0 Å². The van der Waals surface area contributed by atoms with E-state index in [0.717, 1.165) is 31.8 Å². The smallest absolute Gasteiger partial charge is 0.265 e. The number of aliphatic imine (C=N–C) groups is 1. The fourth-order valence-electron chi connectivity index (χ4n) is 1.83. The predicted octanol–water partition coefficient (Wildman–Crippen LogP) is -0.382. The van der Waals surface area contributed by atoms with Crippen LogP contribution in [0.5, 0.6) is 0 Å². The van der Waals surface area contributed by atoms with Crippen molar-refractivity contribution in [3.05, 3.63) is 12.3 Å². The van der Waals surface area contributed by atoms with E-state index in [0.29, 0.717) is 5.06 Å². The zero-order valence-electron chi connectivity index (χ0n) is 8.63. The lowest BCUT2D eigenvalue weighted by atomic mass is 10.1. The van der Waals surface area contributed by atoms with E-state index in [4.69, 9.17) is 11.5 Å². The molecule has 1 saturated heterocycles. The van der Waals surface area contributed by atoms with Gasteiger partial charge in [-0.25, -0.2) is 10.1 Å². The molecule has 2 aliphatic rings. The number of hydroxylamine groups is 2. The van der Waals surface area contributed by atoms with Crippen molar-refractivity contribution in [2.45, 2.75) is 25.2 Å². The maximum atomic E-state index is 9.32. The molecule has 2 rings (SSSR count). The molecule has 0 aromatic heterocycles. The molecule has 15 heavy (non-hydrogen) atoms. The van der Waals surface area contributed by atoms with Gasteiger partial charge in [0.2, 0.25) is 0 Å². The summed E-state index contributed by atoms with van der Waals surface area (Å²) < 4.78 is 0. The zero-order valence-corrected chi connectivity index (χ0v) is 8.63. The third-order valence-corrected chi connectivity index (χ3v) is 2.71. The molecule has 1 fully saturated rings. The highest BCUT2D eigenvalue weighted by Crippen LogP contribution is 2.15. The predicted molar refractivity (Wildman–Crippen MR) is 56.7 cm³/mol. The Bertz CT molecular complexity index is 293. The lowest BCUT2D eigenvalue weighted by molar-refractivity contribution is -0.126. The molecule has 0 bridgehead atoms. The first-order valence-electron chi connectivity index (χ1n) is 5.18. The Kier molecular flexibility index (Phi) is 2.64. The monoisotopic (exact) mass is 211 g/mol. The highest BCUT2D eigenvalue weighted by atomic mass is 16.5. The molecule has 5 N–H and O–H groups in total. The Morgan fingerprint density at radius 2 is 1.93 bits per heavy atom. The number of rotatable bonds is 0. The van der Waals surface area contributed by atoms with Gasteiger partial charge in [-0.3, -0.25) is 16.7 Å². The van der Waals surface area contributed by atoms with E-state index in [2.05, 4.69) is 9.89 Å². The number of hydrogen-bond donors (Lipinski definition) is 3. The van der Waals surface area contributed by atoms with Crippen molar-refractivity contribution in [3.8, 4) is 0 Å². The second-order valence-corrected chi connectivity index (χ2v) is 3.96. The Hall–Kier alpha value is -1.11. The molecule has 0 aromatic carbocycles. The van der Waals surface area contributed by atoms with Gasteiger partial charge in [0, 0.05) is 19.3 Å². The van der Waals surface area contributed by atoms with Crippen LogP contribution in [0.4, 0.5) is 0 Å². The normalized spacial score (nSPS) is 25.4. The van der Waals surface area contributed by atoms with Crippen LogP contribution in [0.3, 0.4) is 0 Å². The minimum atomic E-state index is -1.54. The van der Waals surface area contributed by atoms with Crippen LogP contribution in [0.2, 0.25) is 0 Å². The summed E-state index contributed by atoms with van der Waals surface area (Å²) >= 11 is 0. The Morgan fingerprint density at radius 3 is 2.53 bits per heavy atom. The number of nitrogens with two attached hydrogens (primary N) is 2. The minimum Gasteiger partial charge on any atom is -0.357 e. The first kappa shape index (κ1) is 10.4. The first-order chi connectivity index (χ1) is 7.09. The van der Waals surface area contributed by atoms with Crippen molar-refractivity contribution in [2.24, 2.45) is 16.5 Å².